The van der Waals surface area contributed by atoms with Crippen LogP contribution in [0.25, 0.3) is 0 Å². The molecule has 1 fully saturated rings. The minimum atomic E-state index is -3.87. The van der Waals surface area contributed by atoms with E-state index in [4.69, 9.17) is 9.47 Å². The number of anilines is 1. The van der Waals surface area contributed by atoms with Crippen molar-refractivity contribution < 1.29 is 27.1 Å². The van der Waals surface area contributed by atoms with Gasteiger partial charge in [-0.15, -0.1) is 0 Å². The maximum Gasteiger partial charge on any atom is 0.309 e. The average Bonchev–Trinajstić information content (AvgIpc) is 3.39. The lowest BCUT2D eigenvalue weighted by atomic mass is 9.84. The van der Waals surface area contributed by atoms with Crippen LogP contribution in [0.4, 0.5) is 9.52 Å². The Morgan fingerprint density at radius 1 is 1.15 bits per heavy atom. The lowest BCUT2D eigenvalue weighted by Gasteiger charge is -2.45. The molecule has 0 saturated carbocycles. The molecular formula is C27H31FN4O5S2. The monoisotopic (exact) mass is 574 g/mol. The van der Waals surface area contributed by atoms with Crippen molar-refractivity contribution >= 4 is 32.7 Å². The topological polar surface area (TPSA) is 111 Å². The first-order valence-electron chi connectivity index (χ1n) is 12.8. The van der Waals surface area contributed by atoms with Crippen LogP contribution in [0.15, 0.2) is 53.7 Å². The van der Waals surface area contributed by atoms with Gasteiger partial charge in [-0.3, -0.25) is 14.4 Å². The van der Waals surface area contributed by atoms with Crippen LogP contribution >= 0.6 is 11.5 Å². The molecule has 3 atom stereocenters. The van der Waals surface area contributed by atoms with Gasteiger partial charge in [-0.05, 0) is 57.4 Å². The molecule has 0 radical (unpaired) electrons. The van der Waals surface area contributed by atoms with E-state index in [-0.39, 0.29) is 39.8 Å². The summed E-state index contributed by atoms with van der Waals surface area (Å²) in [4.78, 5) is 19.3. The van der Waals surface area contributed by atoms with Gasteiger partial charge >= 0.3 is 5.97 Å². The lowest BCUT2D eigenvalue weighted by Crippen LogP contribution is -2.43. The van der Waals surface area contributed by atoms with E-state index >= 15 is 0 Å². The number of rotatable bonds is 6. The van der Waals surface area contributed by atoms with Crippen molar-refractivity contribution in [1.82, 2.24) is 14.3 Å². The second-order valence-corrected chi connectivity index (χ2v) is 13.2. The molecular weight excluding hydrogens is 543 g/mol. The number of nitrogens with zero attached hydrogens (tertiary/aromatic N) is 3. The Morgan fingerprint density at radius 3 is 2.62 bits per heavy atom. The first kappa shape index (κ1) is 27.5. The fraction of sp³-hybridized carbons (Fsp3) is 0.444. The number of hydrogen-bond acceptors (Lipinski definition) is 9. The van der Waals surface area contributed by atoms with E-state index in [1.807, 2.05) is 20.8 Å². The molecule has 2 aromatic carbocycles. The van der Waals surface area contributed by atoms with Crippen LogP contribution in [0.1, 0.15) is 63.2 Å². The summed E-state index contributed by atoms with van der Waals surface area (Å²) in [5, 5.41) is 0.182. The highest BCUT2D eigenvalue weighted by atomic mass is 32.2. The summed E-state index contributed by atoms with van der Waals surface area (Å²) in [7, 11) is -3.87. The Bertz CT molecular complexity index is 1430. The molecule has 208 valence electrons. The average molecular weight is 575 g/mol. The van der Waals surface area contributed by atoms with Gasteiger partial charge in [0.1, 0.15) is 23.5 Å². The molecule has 1 aromatic heterocycles. The van der Waals surface area contributed by atoms with Gasteiger partial charge in [-0.25, -0.2) is 17.8 Å². The zero-order valence-corrected chi connectivity index (χ0v) is 23.6. The van der Waals surface area contributed by atoms with Crippen molar-refractivity contribution in [3.8, 4) is 5.75 Å². The Balaban J connectivity index is 1.43. The Labute approximate surface area is 231 Å². The van der Waals surface area contributed by atoms with Crippen molar-refractivity contribution in [2.75, 3.05) is 17.9 Å². The molecule has 1 unspecified atom stereocenters. The first-order valence-corrected chi connectivity index (χ1v) is 15.1. The van der Waals surface area contributed by atoms with Crippen LogP contribution < -0.4 is 9.46 Å². The van der Waals surface area contributed by atoms with Crippen LogP contribution in [-0.4, -0.2) is 47.4 Å². The minimum absolute atomic E-state index is 0.0656. The fourth-order valence-electron chi connectivity index (χ4n) is 5.22. The first-order chi connectivity index (χ1) is 18.5. The van der Waals surface area contributed by atoms with Crippen molar-refractivity contribution in [2.24, 2.45) is 5.92 Å². The molecule has 5 rings (SSSR count). The number of likely N-dealkylation sites (tertiary alicyclic amines) is 1. The van der Waals surface area contributed by atoms with Crippen LogP contribution in [-0.2, 0) is 19.6 Å². The van der Waals surface area contributed by atoms with Gasteiger partial charge in [0.25, 0.3) is 10.0 Å². The van der Waals surface area contributed by atoms with E-state index in [1.165, 1.54) is 24.5 Å². The molecule has 3 heterocycles. The number of benzene rings is 2. The number of ether oxygens (including phenoxy) is 2. The third-order valence-corrected chi connectivity index (χ3v) is 8.97. The zero-order valence-electron chi connectivity index (χ0n) is 22.0. The fourth-order valence-corrected chi connectivity index (χ4v) is 6.90. The third kappa shape index (κ3) is 6.23. The number of nitrogens with one attached hydrogen (secondary N) is 1. The van der Waals surface area contributed by atoms with Crippen LogP contribution in [0.2, 0.25) is 0 Å². The molecule has 39 heavy (non-hydrogen) atoms. The number of halogens is 1. The molecule has 2 aliphatic rings. The van der Waals surface area contributed by atoms with E-state index in [1.54, 1.807) is 24.3 Å². The van der Waals surface area contributed by atoms with Gasteiger partial charge < -0.3 is 9.47 Å². The molecule has 3 aromatic rings. The summed E-state index contributed by atoms with van der Waals surface area (Å²) in [6.45, 7) is 6.60. The highest BCUT2D eigenvalue weighted by Gasteiger charge is 2.40. The summed E-state index contributed by atoms with van der Waals surface area (Å²) in [6.07, 6.45) is 3.13. The number of piperidine rings is 1. The third-order valence-electron chi connectivity index (χ3n) is 6.93. The molecule has 12 heteroatoms. The van der Waals surface area contributed by atoms with Gasteiger partial charge in [0, 0.05) is 48.2 Å². The van der Waals surface area contributed by atoms with E-state index in [0.717, 1.165) is 22.7 Å². The van der Waals surface area contributed by atoms with Crippen molar-refractivity contribution in [2.45, 2.75) is 62.6 Å². The van der Waals surface area contributed by atoms with Gasteiger partial charge in [0.05, 0.1) is 17.4 Å². The second kappa shape index (κ2) is 10.8. The van der Waals surface area contributed by atoms with Gasteiger partial charge in [0.15, 0.2) is 0 Å². The van der Waals surface area contributed by atoms with Crippen LogP contribution in [0.3, 0.4) is 0 Å². The number of fused-ring (bicyclic) bond motifs is 1. The van der Waals surface area contributed by atoms with E-state index in [2.05, 4.69) is 19.0 Å². The van der Waals surface area contributed by atoms with Crippen LogP contribution in [0.5, 0.6) is 5.75 Å². The maximum absolute atomic E-state index is 13.8. The van der Waals surface area contributed by atoms with Gasteiger partial charge in [-0.2, -0.15) is 4.37 Å². The number of aromatic nitrogens is 2. The number of carbonyl (C=O) groups is 1. The molecule has 0 bridgehead atoms. The molecule has 2 aliphatic heterocycles. The number of carbonyl (C=O) groups excluding carboxylic acids is 1. The smallest absolute Gasteiger partial charge is 0.309 e. The lowest BCUT2D eigenvalue weighted by molar-refractivity contribution is -0.163. The second-order valence-electron chi connectivity index (χ2n) is 10.8. The normalized spacial score (nSPS) is 22.0. The van der Waals surface area contributed by atoms with Crippen LogP contribution in [0, 0.1) is 11.7 Å². The summed E-state index contributed by atoms with van der Waals surface area (Å²) < 4.78 is 57.5. The molecule has 1 N–H and O–H groups in total. The highest BCUT2D eigenvalue weighted by molar-refractivity contribution is 7.93. The molecule has 0 aliphatic carbocycles. The van der Waals surface area contributed by atoms with E-state index < -0.39 is 15.6 Å². The summed E-state index contributed by atoms with van der Waals surface area (Å²) in [6, 6.07) is 11.0. The predicted molar refractivity (Wildman–Crippen MR) is 144 cm³/mol. The summed E-state index contributed by atoms with van der Waals surface area (Å²) >= 11 is 0.951. The van der Waals surface area contributed by atoms with Gasteiger partial charge in [-0.1, -0.05) is 18.2 Å². The molecule has 1 saturated heterocycles. The Morgan fingerprint density at radius 2 is 1.92 bits per heavy atom. The molecule has 9 nitrogen and oxygen atoms in total. The van der Waals surface area contributed by atoms with Crippen molar-refractivity contribution in [1.29, 1.82) is 0 Å². The van der Waals surface area contributed by atoms with Gasteiger partial charge in [0.2, 0.25) is 5.13 Å². The number of hydrogen-bond donors (Lipinski definition) is 1. The summed E-state index contributed by atoms with van der Waals surface area (Å²) in [5.74, 6) is -0.330. The summed E-state index contributed by atoms with van der Waals surface area (Å²) in [5.41, 5.74) is 1.21. The Hall–Kier alpha value is -3.09. The predicted octanol–water partition coefficient (Wildman–Crippen LogP) is 5.10. The maximum atomic E-state index is 13.8. The molecule has 0 spiro atoms. The zero-order chi connectivity index (χ0) is 27.8. The van der Waals surface area contributed by atoms with Crippen molar-refractivity contribution in [3.63, 3.8) is 0 Å². The van der Waals surface area contributed by atoms with E-state index in [9.17, 15) is 17.6 Å². The van der Waals surface area contributed by atoms with Crippen molar-refractivity contribution in [3.05, 3.63) is 65.7 Å². The number of sulfonamides is 1. The highest BCUT2D eigenvalue weighted by Crippen LogP contribution is 2.45. The standard InChI is InChI=1S/C27H31FN4O5S2/c1-27(2,3)37-25(33)18-10-12-32(23(14-18)17-4-6-19(28)7-5-17)22-11-13-36-24-15-20(8-9-21(22)24)39(34,35)31-26-29-16-30-38-26/h4-9,15-16,18,22-23H,10-14H2,1-3H3,(H,29,30,31)/t18?,22-,23-/m0/s1. The number of esters is 1. The largest absolute Gasteiger partial charge is 0.493 e. The molecule has 0 amide bonds. The minimum Gasteiger partial charge on any atom is -0.493 e. The Kier molecular flexibility index (Phi) is 7.62. The SMILES string of the molecule is CC(C)(C)OC(=O)C1CCN([C@H]2CCOc3cc(S(=O)(=O)Nc4ncns4)ccc32)[C@H](c2ccc(F)cc2)C1. The quantitative estimate of drug-likeness (QED) is 0.405. The van der Waals surface area contributed by atoms with E-state index in [0.29, 0.717) is 38.2 Å².